The van der Waals surface area contributed by atoms with E-state index in [1.807, 2.05) is 13.8 Å². The Bertz CT molecular complexity index is 798. The zero-order valence-electron chi connectivity index (χ0n) is 14.0. The molecule has 24 heavy (non-hydrogen) atoms. The van der Waals surface area contributed by atoms with Crippen LogP contribution in [-0.2, 0) is 20.9 Å². The Balaban J connectivity index is 2.15. The zero-order valence-corrected chi connectivity index (χ0v) is 14.0. The average molecular weight is 331 g/mol. The lowest BCUT2D eigenvalue weighted by Crippen LogP contribution is -2.44. The van der Waals surface area contributed by atoms with Gasteiger partial charge in [0.15, 0.2) is 0 Å². The van der Waals surface area contributed by atoms with E-state index >= 15 is 0 Å². The highest BCUT2D eigenvalue weighted by atomic mass is 16.5. The summed E-state index contributed by atoms with van der Waals surface area (Å²) in [7, 11) is 1.28. The maximum absolute atomic E-state index is 12.4. The fraction of sp³-hybridized carbons (Fsp3) is 0.412. The molecule has 1 amide bonds. The molecule has 0 aliphatic heterocycles. The van der Waals surface area contributed by atoms with Crippen molar-refractivity contribution < 1.29 is 14.3 Å². The normalized spacial score (nSPS) is 12.2. The first-order chi connectivity index (χ1) is 11.4. The third-order valence-corrected chi connectivity index (χ3v) is 3.57. The minimum absolute atomic E-state index is 0.206. The maximum atomic E-state index is 12.4. The quantitative estimate of drug-likeness (QED) is 0.801. The minimum atomic E-state index is -0.730. The van der Waals surface area contributed by atoms with Crippen LogP contribution in [0.15, 0.2) is 35.4 Å². The predicted octanol–water partition coefficient (Wildman–Crippen LogP) is 1.10. The van der Waals surface area contributed by atoms with Crippen molar-refractivity contribution in [3.05, 3.63) is 40.9 Å². The van der Waals surface area contributed by atoms with Gasteiger partial charge < -0.3 is 10.1 Å². The van der Waals surface area contributed by atoms with Crippen molar-refractivity contribution in [1.82, 2.24) is 14.9 Å². The molecule has 1 N–H and O–H groups in total. The standard InChI is InChI=1S/C17H21N3O4/c1-11(2)8-14(17(23)24-3)19-15(21)9-20-10-18-13-7-5-4-6-12(13)16(20)22/h4-7,10-11,14H,8-9H2,1-3H3,(H,19,21). The van der Waals surface area contributed by atoms with Crippen LogP contribution in [0.2, 0.25) is 0 Å². The van der Waals surface area contributed by atoms with E-state index in [1.165, 1.54) is 18.0 Å². The van der Waals surface area contributed by atoms with Crippen molar-refractivity contribution in [3.63, 3.8) is 0 Å². The van der Waals surface area contributed by atoms with E-state index in [2.05, 4.69) is 10.3 Å². The molecule has 0 radical (unpaired) electrons. The number of nitrogens with zero attached hydrogens (tertiary/aromatic N) is 2. The number of para-hydroxylation sites is 1. The summed E-state index contributed by atoms with van der Waals surface area (Å²) in [4.78, 5) is 40.5. The Kier molecular flexibility index (Phi) is 5.68. The van der Waals surface area contributed by atoms with E-state index in [0.717, 1.165) is 0 Å². The molecule has 7 nitrogen and oxygen atoms in total. The molecule has 2 aromatic rings. The van der Waals surface area contributed by atoms with Crippen molar-refractivity contribution in [1.29, 1.82) is 0 Å². The first-order valence-corrected chi connectivity index (χ1v) is 7.73. The molecule has 0 aliphatic carbocycles. The summed E-state index contributed by atoms with van der Waals surface area (Å²) in [5.74, 6) is -0.731. The summed E-state index contributed by atoms with van der Waals surface area (Å²) in [6.07, 6.45) is 1.79. The number of methoxy groups -OCH3 is 1. The van der Waals surface area contributed by atoms with Gasteiger partial charge in [0.25, 0.3) is 5.56 Å². The molecule has 0 aliphatic rings. The molecule has 0 bridgehead atoms. The molecule has 0 spiro atoms. The van der Waals surface area contributed by atoms with Crippen LogP contribution in [0.1, 0.15) is 20.3 Å². The topological polar surface area (TPSA) is 90.3 Å². The van der Waals surface area contributed by atoms with Crippen LogP contribution in [0.4, 0.5) is 0 Å². The Labute approximate surface area is 139 Å². The summed E-state index contributed by atoms with van der Waals surface area (Å²) in [5, 5.41) is 3.07. The largest absolute Gasteiger partial charge is 0.467 e. The molecule has 128 valence electrons. The second-order valence-corrected chi connectivity index (χ2v) is 5.97. The Morgan fingerprint density at radius 2 is 2.00 bits per heavy atom. The van der Waals surface area contributed by atoms with Gasteiger partial charge in [-0.05, 0) is 24.5 Å². The van der Waals surface area contributed by atoms with Crippen LogP contribution in [0, 0.1) is 5.92 Å². The van der Waals surface area contributed by atoms with Gasteiger partial charge in [-0.3, -0.25) is 14.2 Å². The highest BCUT2D eigenvalue weighted by molar-refractivity contribution is 5.84. The summed E-state index contributed by atoms with van der Waals surface area (Å²) in [5.41, 5.74) is 0.278. The Morgan fingerprint density at radius 1 is 1.29 bits per heavy atom. The van der Waals surface area contributed by atoms with E-state index in [4.69, 9.17) is 4.74 Å². The summed E-state index contributed by atoms with van der Waals surface area (Å²) in [6.45, 7) is 3.68. The highest BCUT2D eigenvalue weighted by Gasteiger charge is 2.22. The molecule has 1 atom stereocenters. The maximum Gasteiger partial charge on any atom is 0.328 e. The van der Waals surface area contributed by atoms with Gasteiger partial charge in [0.2, 0.25) is 5.91 Å². The van der Waals surface area contributed by atoms with Crippen LogP contribution in [0.5, 0.6) is 0 Å². The fourth-order valence-electron chi connectivity index (χ4n) is 2.44. The van der Waals surface area contributed by atoms with Crippen LogP contribution in [-0.4, -0.2) is 34.6 Å². The van der Waals surface area contributed by atoms with Crippen molar-refractivity contribution in [2.24, 2.45) is 5.92 Å². The van der Waals surface area contributed by atoms with Crippen LogP contribution in [0.25, 0.3) is 10.9 Å². The lowest BCUT2D eigenvalue weighted by molar-refractivity contribution is -0.145. The van der Waals surface area contributed by atoms with E-state index < -0.39 is 17.9 Å². The third kappa shape index (κ3) is 4.18. The number of carbonyl (C=O) groups excluding carboxylic acids is 2. The van der Waals surface area contributed by atoms with Gasteiger partial charge in [-0.1, -0.05) is 26.0 Å². The molecule has 0 saturated heterocycles. The molecule has 1 aromatic carbocycles. The number of ether oxygens (including phenoxy) is 1. The van der Waals surface area contributed by atoms with Gasteiger partial charge in [0.05, 0.1) is 24.3 Å². The van der Waals surface area contributed by atoms with Crippen LogP contribution >= 0.6 is 0 Å². The summed E-state index contributed by atoms with van der Waals surface area (Å²) < 4.78 is 5.93. The number of nitrogens with one attached hydrogen (secondary N) is 1. The molecular weight excluding hydrogens is 310 g/mol. The lowest BCUT2D eigenvalue weighted by Gasteiger charge is -2.18. The number of aromatic nitrogens is 2. The molecular formula is C17H21N3O4. The molecule has 2 rings (SSSR count). The number of benzene rings is 1. The average Bonchev–Trinajstić information content (AvgIpc) is 2.56. The molecule has 1 aromatic heterocycles. The second-order valence-electron chi connectivity index (χ2n) is 5.97. The number of carbonyl (C=O) groups is 2. The second kappa shape index (κ2) is 7.72. The highest BCUT2D eigenvalue weighted by Crippen LogP contribution is 2.07. The first kappa shape index (κ1) is 17.7. The number of fused-ring (bicyclic) bond motifs is 1. The van der Waals surface area contributed by atoms with Crippen molar-refractivity contribution >= 4 is 22.8 Å². The fourth-order valence-corrected chi connectivity index (χ4v) is 2.44. The van der Waals surface area contributed by atoms with E-state index in [-0.39, 0.29) is 18.0 Å². The summed E-state index contributed by atoms with van der Waals surface area (Å²) in [6, 6.07) is 6.20. The monoisotopic (exact) mass is 331 g/mol. The third-order valence-electron chi connectivity index (χ3n) is 3.57. The van der Waals surface area contributed by atoms with Gasteiger partial charge in [-0.15, -0.1) is 0 Å². The van der Waals surface area contributed by atoms with Gasteiger partial charge >= 0.3 is 5.97 Å². The minimum Gasteiger partial charge on any atom is -0.467 e. The molecule has 1 unspecified atom stereocenters. The van der Waals surface area contributed by atoms with Gasteiger partial charge in [-0.25, -0.2) is 9.78 Å². The van der Waals surface area contributed by atoms with Crippen molar-refractivity contribution in [2.75, 3.05) is 7.11 Å². The van der Waals surface area contributed by atoms with Crippen molar-refractivity contribution in [2.45, 2.75) is 32.9 Å². The van der Waals surface area contributed by atoms with E-state index in [9.17, 15) is 14.4 Å². The number of hydrogen-bond donors (Lipinski definition) is 1. The smallest absolute Gasteiger partial charge is 0.328 e. The number of rotatable bonds is 6. The molecule has 0 saturated carbocycles. The van der Waals surface area contributed by atoms with Gasteiger partial charge in [-0.2, -0.15) is 0 Å². The first-order valence-electron chi connectivity index (χ1n) is 7.73. The van der Waals surface area contributed by atoms with Gasteiger partial charge in [0, 0.05) is 0 Å². The number of amides is 1. The predicted molar refractivity (Wildman–Crippen MR) is 89.4 cm³/mol. The van der Waals surface area contributed by atoms with Gasteiger partial charge in [0.1, 0.15) is 12.6 Å². The Morgan fingerprint density at radius 3 is 2.67 bits per heavy atom. The molecule has 0 fully saturated rings. The molecule has 1 heterocycles. The number of hydrogen-bond acceptors (Lipinski definition) is 5. The van der Waals surface area contributed by atoms with E-state index in [1.54, 1.807) is 24.3 Å². The summed E-state index contributed by atoms with van der Waals surface area (Å²) >= 11 is 0. The van der Waals surface area contributed by atoms with Crippen LogP contribution in [0.3, 0.4) is 0 Å². The van der Waals surface area contributed by atoms with E-state index in [0.29, 0.717) is 17.3 Å². The molecule has 7 heteroatoms. The Hall–Kier alpha value is -2.70. The zero-order chi connectivity index (χ0) is 17.7. The van der Waals surface area contributed by atoms with Crippen molar-refractivity contribution in [3.8, 4) is 0 Å². The van der Waals surface area contributed by atoms with Crippen LogP contribution < -0.4 is 10.9 Å². The number of esters is 1. The SMILES string of the molecule is COC(=O)C(CC(C)C)NC(=O)Cn1cnc2ccccc2c1=O. The lowest BCUT2D eigenvalue weighted by atomic mass is 10.0.